The average Bonchev–Trinajstić information content (AvgIpc) is 3.08. The lowest BCUT2D eigenvalue weighted by molar-refractivity contribution is -0.135. The molecule has 0 radical (unpaired) electrons. The van der Waals surface area contributed by atoms with E-state index in [1.165, 1.54) is 12.0 Å². The molecule has 0 aliphatic carbocycles. The van der Waals surface area contributed by atoms with E-state index >= 15 is 0 Å². The summed E-state index contributed by atoms with van der Waals surface area (Å²) < 4.78 is 0. The minimum absolute atomic E-state index is 0.184. The van der Waals surface area contributed by atoms with Crippen LogP contribution in [0.4, 0.5) is 0 Å². The highest BCUT2D eigenvalue weighted by atomic mass is 32.1. The van der Waals surface area contributed by atoms with E-state index in [4.69, 9.17) is 0 Å². The number of hydrogen-bond acceptors (Lipinski definition) is 4. The number of aromatic nitrogens is 2. The molecule has 1 atom stereocenters. The van der Waals surface area contributed by atoms with Crippen LogP contribution in [0.25, 0.3) is 0 Å². The minimum Gasteiger partial charge on any atom is -0.333 e. The fraction of sp³-hybridized carbons (Fsp3) is 0.438. The van der Waals surface area contributed by atoms with Crippen LogP contribution in [0.2, 0.25) is 0 Å². The van der Waals surface area contributed by atoms with E-state index in [1.54, 1.807) is 23.7 Å². The lowest BCUT2D eigenvalue weighted by atomic mass is 10.0. The Bertz CT molecular complexity index is 570. The van der Waals surface area contributed by atoms with Crippen LogP contribution in [0.1, 0.15) is 42.3 Å². The third-order valence-corrected chi connectivity index (χ3v) is 4.81. The van der Waals surface area contributed by atoms with Gasteiger partial charge in [-0.15, -0.1) is 11.3 Å². The van der Waals surface area contributed by atoms with Crippen molar-refractivity contribution in [1.82, 2.24) is 14.9 Å². The van der Waals surface area contributed by atoms with E-state index < -0.39 is 0 Å². The summed E-state index contributed by atoms with van der Waals surface area (Å²) in [5, 5.41) is 3.07. The van der Waals surface area contributed by atoms with Crippen LogP contribution in [0.15, 0.2) is 36.1 Å². The number of amides is 1. The highest BCUT2D eigenvalue weighted by molar-refractivity contribution is 7.09. The zero-order chi connectivity index (χ0) is 14.5. The van der Waals surface area contributed by atoms with E-state index in [1.807, 2.05) is 28.6 Å². The lowest BCUT2D eigenvalue weighted by Gasteiger charge is -2.34. The maximum atomic E-state index is 12.6. The van der Waals surface area contributed by atoms with E-state index in [-0.39, 0.29) is 11.9 Å². The van der Waals surface area contributed by atoms with E-state index in [2.05, 4.69) is 9.97 Å². The molecule has 0 unspecified atom stereocenters. The monoisotopic (exact) mass is 301 g/mol. The molecule has 4 nitrogen and oxygen atoms in total. The molecule has 0 spiro atoms. The zero-order valence-electron chi connectivity index (χ0n) is 11.9. The molecule has 3 heterocycles. The first-order valence-corrected chi connectivity index (χ1v) is 8.30. The first-order valence-electron chi connectivity index (χ1n) is 7.42. The number of carbonyl (C=O) groups excluding carboxylic acids is 1. The number of aryl methyl sites for hydroxylation is 1. The number of carbonyl (C=O) groups is 1. The SMILES string of the molecule is O=C(CCc1ccncc1)N1CCCC[C@H]1c1nccs1. The summed E-state index contributed by atoms with van der Waals surface area (Å²) in [6, 6.07) is 4.13. The minimum atomic E-state index is 0.184. The fourth-order valence-corrected chi connectivity index (χ4v) is 3.62. The van der Waals surface area contributed by atoms with Gasteiger partial charge in [-0.1, -0.05) is 0 Å². The molecule has 1 aliphatic heterocycles. The highest BCUT2D eigenvalue weighted by Gasteiger charge is 2.29. The van der Waals surface area contributed by atoms with Gasteiger partial charge in [0.2, 0.25) is 5.91 Å². The second-order valence-corrected chi connectivity index (χ2v) is 6.25. The predicted molar refractivity (Wildman–Crippen MR) is 83.0 cm³/mol. The van der Waals surface area contributed by atoms with Gasteiger partial charge in [0.05, 0.1) is 6.04 Å². The van der Waals surface area contributed by atoms with Crippen LogP contribution in [0.3, 0.4) is 0 Å². The zero-order valence-corrected chi connectivity index (χ0v) is 12.8. The summed E-state index contributed by atoms with van der Waals surface area (Å²) >= 11 is 1.65. The molecular formula is C16H19N3OS. The van der Waals surface area contributed by atoms with Crippen molar-refractivity contribution >= 4 is 17.2 Å². The van der Waals surface area contributed by atoms with Crippen molar-refractivity contribution < 1.29 is 4.79 Å². The molecular weight excluding hydrogens is 282 g/mol. The Hall–Kier alpha value is -1.75. The van der Waals surface area contributed by atoms with Gasteiger partial charge >= 0.3 is 0 Å². The maximum absolute atomic E-state index is 12.6. The molecule has 1 amide bonds. The Morgan fingerprint density at radius 3 is 2.90 bits per heavy atom. The van der Waals surface area contributed by atoms with Gasteiger partial charge in [-0.2, -0.15) is 0 Å². The number of hydrogen-bond donors (Lipinski definition) is 0. The molecule has 110 valence electrons. The molecule has 5 heteroatoms. The molecule has 0 bridgehead atoms. The Balaban J connectivity index is 1.64. The summed E-state index contributed by atoms with van der Waals surface area (Å²) in [7, 11) is 0. The van der Waals surface area contributed by atoms with Crippen molar-refractivity contribution in [3.05, 3.63) is 46.7 Å². The Kier molecular flexibility index (Phi) is 4.60. The number of piperidine rings is 1. The molecule has 1 saturated heterocycles. The van der Waals surface area contributed by atoms with Gasteiger partial charge in [-0.05, 0) is 43.4 Å². The summed E-state index contributed by atoms with van der Waals surface area (Å²) in [6.45, 7) is 0.861. The van der Waals surface area contributed by atoms with Gasteiger partial charge in [0.25, 0.3) is 0 Å². The molecule has 2 aromatic rings. The molecule has 1 aliphatic rings. The summed E-state index contributed by atoms with van der Waals surface area (Å²) in [5.41, 5.74) is 1.17. The lowest BCUT2D eigenvalue weighted by Crippen LogP contribution is -2.38. The van der Waals surface area contributed by atoms with Crippen molar-refractivity contribution in [2.45, 2.75) is 38.1 Å². The number of pyridine rings is 1. The molecule has 0 aromatic carbocycles. The first-order chi connectivity index (χ1) is 10.3. The van der Waals surface area contributed by atoms with E-state index in [0.717, 1.165) is 30.8 Å². The molecule has 0 saturated carbocycles. The van der Waals surface area contributed by atoms with Crippen LogP contribution in [-0.2, 0) is 11.2 Å². The third kappa shape index (κ3) is 3.47. The van der Waals surface area contributed by atoms with Crippen LogP contribution in [0.5, 0.6) is 0 Å². The third-order valence-electron chi connectivity index (χ3n) is 3.94. The fourth-order valence-electron chi connectivity index (χ4n) is 2.83. The second-order valence-electron chi connectivity index (χ2n) is 5.32. The van der Waals surface area contributed by atoms with Crippen LogP contribution in [-0.4, -0.2) is 27.3 Å². The van der Waals surface area contributed by atoms with Crippen LogP contribution < -0.4 is 0 Å². The standard InChI is InChI=1S/C16H19N3OS/c20-15(5-4-13-6-8-17-9-7-13)19-11-2-1-3-14(19)16-18-10-12-21-16/h6-10,12,14H,1-5,11H2/t14-/m0/s1. The molecule has 2 aromatic heterocycles. The van der Waals surface area contributed by atoms with Gasteiger partial charge in [-0.3, -0.25) is 9.78 Å². The van der Waals surface area contributed by atoms with Crippen molar-refractivity contribution in [1.29, 1.82) is 0 Å². The average molecular weight is 301 g/mol. The van der Waals surface area contributed by atoms with Gasteiger partial charge in [0, 0.05) is 36.9 Å². The van der Waals surface area contributed by atoms with Crippen LogP contribution >= 0.6 is 11.3 Å². The largest absolute Gasteiger partial charge is 0.333 e. The van der Waals surface area contributed by atoms with Gasteiger partial charge < -0.3 is 4.90 Å². The predicted octanol–water partition coefficient (Wildman–Crippen LogP) is 3.22. The Labute approximate surface area is 128 Å². The van der Waals surface area contributed by atoms with Crippen LogP contribution in [0, 0.1) is 0 Å². The topological polar surface area (TPSA) is 46.1 Å². The van der Waals surface area contributed by atoms with Crippen molar-refractivity contribution in [2.75, 3.05) is 6.54 Å². The molecule has 21 heavy (non-hydrogen) atoms. The van der Waals surface area contributed by atoms with Crippen molar-refractivity contribution in [2.24, 2.45) is 0 Å². The quantitative estimate of drug-likeness (QED) is 0.871. The van der Waals surface area contributed by atoms with Crippen molar-refractivity contribution in [3.8, 4) is 0 Å². The number of thiazole rings is 1. The molecule has 0 N–H and O–H groups in total. The summed E-state index contributed by atoms with van der Waals surface area (Å²) in [6.07, 6.45) is 10.0. The summed E-state index contributed by atoms with van der Waals surface area (Å²) in [4.78, 5) is 23.0. The Morgan fingerprint density at radius 1 is 1.29 bits per heavy atom. The highest BCUT2D eigenvalue weighted by Crippen LogP contribution is 2.32. The van der Waals surface area contributed by atoms with Gasteiger partial charge in [0.15, 0.2) is 0 Å². The van der Waals surface area contributed by atoms with Gasteiger partial charge in [-0.25, -0.2) is 4.98 Å². The first kappa shape index (κ1) is 14.2. The normalized spacial score (nSPS) is 18.7. The Morgan fingerprint density at radius 2 is 2.14 bits per heavy atom. The molecule has 3 rings (SSSR count). The number of rotatable bonds is 4. The maximum Gasteiger partial charge on any atom is 0.223 e. The van der Waals surface area contributed by atoms with E-state index in [0.29, 0.717) is 6.42 Å². The van der Waals surface area contributed by atoms with Gasteiger partial charge in [0.1, 0.15) is 5.01 Å². The number of likely N-dealkylation sites (tertiary alicyclic amines) is 1. The number of nitrogens with zero attached hydrogens (tertiary/aromatic N) is 3. The summed E-state index contributed by atoms with van der Waals surface area (Å²) in [5.74, 6) is 0.242. The van der Waals surface area contributed by atoms with E-state index in [9.17, 15) is 4.79 Å². The van der Waals surface area contributed by atoms with Crippen molar-refractivity contribution in [3.63, 3.8) is 0 Å². The smallest absolute Gasteiger partial charge is 0.223 e. The second kappa shape index (κ2) is 6.80. The molecule has 1 fully saturated rings.